The van der Waals surface area contributed by atoms with Crippen LogP contribution in [0.15, 0.2) is 18.2 Å². The van der Waals surface area contributed by atoms with Gasteiger partial charge in [-0.2, -0.15) is 5.26 Å². The molecule has 0 saturated heterocycles. The minimum absolute atomic E-state index is 0.246. The van der Waals surface area contributed by atoms with E-state index in [9.17, 15) is 8.42 Å². The summed E-state index contributed by atoms with van der Waals surface area (Å²) in [6.45, 7) is 0. The van der Waals surface area contributed by atoms with Crippen LogP contribution in [0.2, 0.25) is 0 Å². The van der Waals surface area contributed by atoms with Crippen molar-refractivity contribution < 1.29 is 8.42 Å². The van der Waals surface area contributed by atoms with Crippen LogP contribution in [0.3, 0.4) is 0 Å². The topological polar surface area (TPSA) is 96.0 Å². The second-order valence-electron chi connectivity index (χ2n) is 6.65. The van der Waals surface area contributed by atoms with Gasteiger partial charge in [-0.1, -0.05) is 12.8 Å². The highest BCUT2D eigenvalue weighted by atomic mass is 32.2. The zero-order valence-corrected chi connectivity index (χ0v) is 13.3. The summed E-state index contributed by atoms with van der Waals surface area (Å²) in [7, 11) is -3.62. The molecule has 2 unspecified atom stereocenters. The molecule has 0 radical (unpaired) electrons. The molecule has 1 aromatic rings. The van der Waals surface area contributed by atoms with Crippen molar-refractivity contribution in [2.24, 2.45) is 17.0 Å². The molecule has 2 atom stereocenters. The van der Waals surface area contributed by atoms with Crippen molar-refractivity contribution in [1.82, 2.24) is 0 Å². The number of anilines is 1. The lowest BCUT2D eigenvalue weighted by atomic mass is 9.85. The Labute approximate surface area is 131 Å². The molecule has 2 bridgehead atoms. The molecule has 3 N–H and O–H groups in total. The van der Waals surface area contributed by atoms with E-state index in [-0.39, 0.29) is 5.75 Å². The van der Waals surface area contributed by atoms with Gasteiger partial charge in [-0.05, 0) is 54.9 Å². The minimum Gasteiger partial charge on any atom is -0.382 e. The first-order valence-electron chi connectivity index (χ1n) is 7.73. The third kappa shape index (κ3) is 3.60. The quantitative estimate of drug-likeness (QED) is 0.890. The summed E-state index contributed by atoms with van der Waals surface area (Å²) in [6.07, 6.45) is 6.27. The number of benzene rings is 1. The monoisotopic (exact) mass is 319 g/mol. The third-order valence-electron chi connectivity index (χ3n) is 4.84. The molecule has 0 aromatic heterocycles. The first-order valence-corrected chi connectivity index (χ1v) is 9.44. The van der Waals surface area contributed by atoms with E-state index in [1.165, 1.54) is 19.3 Å². The molecule has 0 heterocycles. The fourth-order valence-electron chi connectivity index (χ4n) is 3.99. The average molecular weight is 319 g/mol. The van der Waals surface area contributed by atoms with Crippen LogP contribution in [0.25, 0.3) is 0 Å². The van der Waals surface area contributed by atoms with Crippen LogP contribution in [-0.2, 0) is 15.8 Å². The number of hydrogen-bond donors (Lipinski definition) is 2. The van der Waals surface area contributed by atoms with Gasteiger partial charge < -0.3 is 5.32 Å². The summed E-state index contributed by atoms with van der Waals surface area (Å²) < 4.78 is 22.9. The van der Waals surface area contributed by atoms with E-state index in [1.54, 1.807) is 18.2 Å². The lowest BCUT2D eigenvalue weighted by Crippen LogP contribution is -2.28. The van der Waals surface area contributed by atoms with Crippen molar-refractivity contribution in [3.63, 3.8) is 0 Å². The Morgan fingerprint density at radius 1 is 1.23 bits per heavy atom. The maximum absolute atomic E-state index is 11.4. The molecular formula is C16H21N3O2S. The van der Waals surface area contributed by atoms with Crippen molar-refractivity contribution in [1.29, 1.82) is 5.26 Å². The van der Waals surface area contributed by atoms with Gasteiger partial charge in [0.1, 0.15) is 0 Å². The first-order chi connectivity index (χ1) is 10.4. The second-order valence-corrected chi connectivity index (χ2v) is 8.26. The van der Waals surface area contributed by atoms with Gasteiger partial charge in [-0.3, -0.25) is 0 Å². The smallest absolute Gasteiger partial charge is 0.213 e. The van der Waals surface area contributed by atoms with Gasteiger partial charge in [0.2, 0.25) is 10.0 Å². The Morgan fingerprint density at radius 3 is 2.50 bits per heavy atom. The number of nitrogens with two attached hydrogens (primary N) is 1. The average Bonchev–Trinajstić information content (AvgIpc) is 2.78. The number of primary sulfonamides is 1. The van der Waals surface area contributed by atoms with Crippen LogP contribution in [0.1, 0.15) is 43.2 Å². The Bertz CT molecular complexity index is 697. The molecule has 2 saturated carbocycles. The van der Waals surface area contributed by atoms with Gasteiger partial charge in [0.25, 0.3) is 0 Å². The fraction of sp³-hybridized carbons (Fsp3) is 0.562. The molecule has 2 fully saturated rings. The van der Waals surface area contributed by atoms with Gasteiger partial charge >= 0.3 is 0 Å². The van der Waals surface area contributed by atoms with Gasteiger partial charge in [-0.15, -0.1) is 0 Å². The molecule has 1 aromatic carbocycles. The maximum Gasteiger partial charge on any atom is 0.213 e. The zero-order chi connectivity index (χ0) is 15.7. The molecule has 2 aliphatic carbocycles. The summed E-state index contributed by atoms with van der Waals surface area (Å²) in [5.41, 5.74) is 1.83. The molecule has 3 rings (SSSR count). The summed E-state index contributed by atoms with van der Waals surface area (Å²) in [4.78, 5) is 0. The van der Waals surface area contributed by atoms with Crippen LogP contribution in [-0.4, -0.2) is 14.5 Å². The highest BCUT2D eigenvalue weighted by Crippen LogP contribution is 2.42. The first kappa shape index (κ1) is 15.3. The van der Waals surface area contributed by atoms with Crippen molar-refractivity contribution in [2.45, 2.75) is 43.9 Å². The second kappa shape index (κ2) is 5.90. The SMILES string of the molecule is N#Cc1ccc(NC2CC3CCC(C3)C2)c(CS(N)(=O)=O)c1. The number of rotatable bonds is 4. The molecule has 6 heteroatoms. The van der Waals surface area contributed by atoms with Crippen LogP contribution >= 0.6 is 0 Å². The van der Waals surface area contributed by atoms with E-state index in [0.717, 1.165) is 30.4 Å². The minimum atomic E-state index is -3.62. The number of hydrogen-bond acceptors (Lipinski definition) is 4. The molecular weight excluding hydrogens is 298 g/mol. The lowest BCUT2D eigenvalue weighted by Gasteiger charge is -2.30. The van der Waals surface area contributed by atoms with Gasteiger partial charge in [-0.25, -0.2) is 13.6 Å². The number of fused-ring (bicyclic) bond motifs is 2. The van der Waals surface area contributed by atoms with E-state index < -0.39 is 10.0 Å². The molecule has 0 amide bonds. The van der Waals surface area contributed by atoms with Crippen molar-refractivity contribution in [3.05, 3.63) is 29.3 Å². The van der Waals surface area contributed by atoms with E-state index in [1.807, 2.05) is 6.07 Å². The van der Waals surface area contributed by atoms with Gasteiger partial charge in [0.05, 0.1) is 17.4 Å². The Morgan fingerprint density at radius 2 is 1.91 bits per heavy atom. The highest BCUT2D eigenvalue weighted by Gasteiger charge is 2.34. The van der Waals surface area contributed by atoms with Crippen LogP contribution in [0.5, 0.6) is 0 Å². The van der Waals surface area contributed by atoms with Crippen molar-refractivity contribution in [3.8, 4) is 6.07 Å². The summed E-state index contributed by atoms with van der Waals surface area (Å²) in [5, 5.41) is 17.7. The molecule has 118 valence electrons. The van der Waals surface area contributed by atoms with Crippen molar-refractivity contribution in [2.75, 3.05) is 5.32 Å². The molecule has 22 heavy (non-hydrogen) atoms. The highest BCUT2D eigenvalue weighted by molar-refractivity contribution is 7.88. The largest absolute Gasteiger partial charge is 0.382 e. The van der Waals surface area contributed by atoms with E-state index in [4.69, 9.17) is 10.4 Å². The standard InChI is InChI=1S/C16H21N3O2S/c17-9-13-3-4-16(14(6-13)10-22(18,20)21)19-15-7-11-1-2-12(5-11)8-15/h3-4,6,11-12,15,19H,1-2,5,7-8,10H2,(H2,18,20,21). The molecule has 0 spiro atoms. The summed E-state index contributed by atoms with van der Waals surface area (Å²) >= 11 is 0. The zero-order valence-electron chi connectivity index (χ0n) is 12.5. The summed E-state index contributed by atoms with van der Waals surface area (Å²) in [6, 6.07) is 7.56. The third-order valence-corrected chi connectivity index (χ3v) is 5.55. The van der Waals surface area contributed by atoms with E-state index in [0.29, 0.717) is 17.2 Å². The normalized spacial score (nSPS) is 27.4. The Balaban J connectivity index is 1.81. The van der Waals surface area contributed by atoms with E-state index in [2.05, 4.69) is 5.32 Å². The van der Waals surface area contributed by atoms with Crippen LogP contribution < -0.4 is 10.5 Å². The molecule has 2 aliphatic rings. The van der Waals surface area contributed by atoms with Crippen LogP contribution in [0, 0.1) is 23.2 Å². The maximum atomic E-state index is 11.4. The lowest BCUT2D eigenvalue weighted by molar-refractivity contribution is 0.334. The predicted octanol–water partition coefficient (Wildman–Crippen LogP) is 2.34. The Kier molecular flexibility index (Phi) is 4.11. The Hall–Kier alpha value is -1.58. The number of nitrogens with zero attached hydrogens (tertiary/aromatic N) is 1. The van der Waals surface area contributed by atoms with Gasteiger partial charge in [0, 0.05) is 11.7 Å². The summed E-state index contributed by atoms with van der Waals surface area (Å²) in [5.74, 6) is 1.36. The van der Waals surface area contributed by atoms with Crippen molar-refractivity contribution >= 4 is 15.7 Å². The predicted molar refractivity (Wildman–Crippen MR) is 85.4 cm³/mol. The fourth-order valence-corrected chi connectivity index (χ4v) is 4.66. The number of nitrogens with one attached hydrogen (secondary N) is 1. The van der Waals surface area contributed by atoms with Gasteiger partial charge in [0.15, 0.2) is 0 Å². The number of sulfonamides is 1. The molecule has 0 aliphatic heterocycles. The number of nitriles is 1. The van der Waals surface area contributed by atoms with E-state index >= 15 is 0 Å². The molecule has 5 nitrogen and oxygen atoms in total. The van der Waals surface area contributed by atoms with Crippen LogP contribution in [0.4, 0.5) is 5.69 Å².